The van der Waals surface area contributed by atoms with Gasteiger partial charge >= 0.3 is 11.9 Å². The van der Waals surface area contributed by atoms with E-state index in [4.69, 9.17) is 15.3 Å². The van der Waals surface area contributed by atoms with Crippen LogP contribution in [0.15, 0.2) is 44.9 Å². The molecule has 19 heteroatoms. The third-order valence-corrected chi connectivity index (χ3v) is 10.8. The highest BCUT2D eigenvalue weighted by Crippen LogP contribution is 2.41. The van der Waals surface area contributed by atoms with Gasteiger partial charge in [-0.2, -0.15) is 0 Å². The number of nitrogens with two attached hydrogens (primary N) is 1. The maximum atomic E-state index is 15.4. The van der Waals surface area contributed by atoms with Crippen LogP contribution < -0.4 is 26.7 Å². The topological polar surface area (TPSA) is 211 Å². The average Bonchev–Trinajstić information content (AvgIpc) is 3.87. The summed E-state index contributed by atoms with van der Waals surface area (Å²) in [5.41, 5.74) is 5.23. The first-order valence-corrected chi connectivity index (χ1v) is 17.5. The summed E-state index contributed by atoms with van der Waals surface area (Å²) in [5.74, 6) is -4.44. The first-order valence-electron chi connectivity index (χ1n) is 15.6. The number of thiazole rings is 1. The monoisotopic (exact) mass is 726 g/mol. The zero-order valence-electron chi connectivity index (χ0n) is 26.5. The number of oxime groups is 1. The fourth-order valence-corrected chi connectivity index (χ4v) is 8.11. The Labute approximate surface area is 291 Å². The van der Waals surface area contributed by atoms with Crippen LogP contribution >= 0.6 is 23.1 Å². The smallest absolute Gasteiger partial charge is 0.352 e. The lowest BCUT2D eigenvalue weighted by atomic mass is 10.0. The van der Waals surface area contributed by atoms with Gasteiger partial charge in [0.15, 0.2) is 10.8 Å². The van der Waals surface area contributed by atoms with Gasteiger partial charge in [-0.05, 0) is 25.0 Å². The summed E-state index contributed by atoms with van der Waals surface area (Å²) in [6.45, 7) is 2.11. The molecule has 1 saturated carbocycles. The maximum Gasteiger partial charge on any atom is 0.352 e. The Hall–Kier alpha value is -5.01. The summed E-state index contributed by atoms with van der Waals surface area (Å²) in [4.78, 5) is 77.3. The highest BCUT2D eigenvalue weighted by atomic mass is 32.2. The number of fused-ring (bicyclic) bond motifs is 2. The van der Waals surface area contributed by atoms with E-state index in [0.717, 1.165) is 46.9 Å². The van der Waals surface area contributed by atoms with Gasteiger partial charge < -0.3 is 40.5 Å². The molecule has 0 unspecified atom stereocenters. The van der Waals surface area contributed by atoms with Crippen molar-refractivity contribution in [2.45, 2.75) is 30.3 Å². The van der Waals surface area contributed by atoms with Gasteiger partial charge in [0.2, 0.25) is 5.43 Å². The van der Waals surface area contributed by atoms with Gasteiger partial charge in [0.25, 0.3) is 11.8 Å². The van der Waals surface area contributed by atoms with Crippen LogP contribution in [0.25, 0.3) is 10.9 Å². The molecular weight excluding hydrogens is 696 g/mol. The third kappa shape index (κ3) is 6.04. The number of carboxylic acid groups (broad SMARTS) is 1. The number of rotatable bonds is 10. The first kappa shape index (κ1) is 33.5. The SMILES string of the molecule is CON=C(C(=O)N[C@@H]1C(=O)N2C(C(=O)O)=C(COC(=O)c3cn(C4CC4)c4cc(N5CCNCC5)c(F)cc4c3=O)CS[C@H]12)c1csc(N)n1. The number of aromatic nitrogens is 2. The second-order valence-corrected chi connectivity index (χ2v) is 14.0. The lowest BCUT2D eigenvalue weighted by molar-refractivity contribution is -0.150. The number of amides is 2. The number of piperazine rings is 1. The van der Waals surface area contributed by atoms with Gasteiger partial charge in [-0.1, -0.05) is 5.16 Å². The number of halogens is 1. The number of carboxylic acids is 1. The van der Waals surface area contributed by atoms with Crippen molar-refractivity contribution >= 4 is 74.3 Å². The molecule has 262 valence electrons. The molecule has 5 N–H and O–H groups in total. The van der Waals surface area contributed by atoms with Gasteiger partial charge in [0.05, 0.1) is 11.2 Å². The average molecular weight is 727 g/mol. The lowest BCUT2D eigenvalue weighted by Gasteiger charge is -2.49. The molecule has 1 aliphatic carbocycles. The number of nitrogens with zero attached hydrogens (tertiary/aromatic N) is 5. The summed E-state index contributed by atoms with van der Waals surface area (Å²) in [6, 6.07) is 1.76. The summed E-state index contributed by atoms with van der Waals surface area (Å²) >= 11 is 2.24. The molecule has 3 fully saturated rings. The van der Waals surface area contributed by atoms with E-state index in [0.29, 0.717) is 37.4 Å². The second kappa shape index (κ2) is 13.4. The lowest BCUT2D eigenvalue weighted by Crippen LogP contribution is -2.71. The van der Waals surface area contributed by atoms with Gasteiger partial charge in [0, 0.05) is 60.5 Å². The summed E-state index contributed by atoms with van der Waals surface area (Å²) in [7, 11) is 1.24. The minimum Gasteiger partial charge on any atom is -0.477 e. The molecule has 2 amide bonds. The Bertz CT molecular complexity index is 2050. The molecule has 0 radical (unpaired) electrons. The fourth-order valence-electron chi connectivity index (χ4n) is 6.23. The quantitative estimate of drug-likeness (QED) is 0.0991. The number of nitrogens with one attached hydrogen (secondary N) is 2. The van der Waals surface area contributed by atoms with Crippen LogP contribution in [0.4, 0.5) is 15.2 Å². The molecule has 3 aliphatic heterocycles. The molecule has 2 aromatic heterocycles. The second-order valence-electron chi connectivity index (χ2n) is 12.0. The molecule has 0 bridgehead atoms. The van der Waals surface area contributed by atoms with Crippen LogP contribution in [-0.4, -0.2) is 106 Å². The Balaban J connectivity index is 1.10. The fraction of sp³-hybridized carbons (Fsp3) is 0.387. The zero-order chi connectivity index (χ0) is 35.3. The number of pyridine rings is 1. The van der Waals surface area contributed by atoms with E-state index in [2.05, 4.69) is 20.8 Å². The summed E-state index contributed by atoms with van der Waals surface area (Å²) in [6.07, 6.45) is 3.08. The highest BCUT2D eigenvalue weighted by molar-refractivity contribution is 8.00. The standard InChI is InChI=1S/C31H31FN8O8S2/c1-47-37-22(19-13-50-31(33)35-19)26(42)36-23-27(43)40-24(29(44)45)14(12-49-28(23)40)11-48-30(46)17-10-39(15-2-3-15)20-9-21(38-6-4-34-5-7-38)18(32)8-16(20)25(17)41/h8-10,13,15,23,28,34H,2-7,11-12H2,1H3,(H2,33,35)(H,36,42)(H,44,45)/t23-,28-/m1/s1. The minimum atomic E-state index is -1.43. The van der Waals surface area contributed by atoms with Crippen molar-refractivity contribution in [3.63, 3.8) is 0 Å². The number of thioether (sulfide) groups is 1. The van der Waals surface area contributed by atoms with E-state index >= 15 is 4.39 Å². The number of nitrogen functional groups attached to an aromatic ring is 1. The van der Waals surface area contributed by atoms with Gasteiger partial charge in [-0.15, -0.1) is 23.1 Å². The molecule has 3 aromatic rings. The Morgan fingerprint density at radius 3 is 2.64 bits per heavy atom. The van der Waals surface area contributed by atoms with Crippen molar-refractivity contribution < 1.29 is 38.2 Å². The van der Waals surface area contributed by atoms with E-state index in [1.165, 1.54) is 18.7 Å². The van der Waals surface area contributed by atoms with Crippen LogP contribution in [0.1, 0.15) is 34.9 Å². The Morgan fingerprint density at radius 1 is 1.22 bits per heavy atom. The Morgan fingerprint density at radius 2 is 1.98 bits per heavy atom. The summed E-state index contributed by atoms with van der Waals surface area (Å²) in [5, 5.41) is 20.5. The highest BCUT2D eigenvalue weighted by Gasteiger charge is 2.54. The summed E-state index contributed by atoms with van der Waals surface area (Å²) < 4.78 is 22.6. The number of hydrogen-bond donors (Lipinski definition) is 4. The molecular formula is C31H31FN8O8S2. The molecule has 2 saturated heterocycles. The van der Waals surface area contributed by atoms with E-state index < -0.39 is 53.0 Å². The van der Waals surface area contributed by atoms with Crippen molar-refractivity contribution in [1.29, 1.82) is 0 Å². The normalized spacial score (nSPS) is 20.8. The number of carbonyl (C=O) groups is 4. The van der Waals surface area contributed by atoms with Crippen molar-refractivity contribution in [3.05, 3.63) is 62.3 Å². The minimum absolute atomic E-state index is 0.0290. The molecule has 16 nitrogen and oxygen atoms in total. The van der Waals surface area contributed by atoms with Crippen molar-refractivity contribution in [2.24, 2.45) is 5.16 Å². The number of esters is 1. The predicted octanol–water partition coefficient (Wildman–Crippen LogP) is 0.870. The van der Waals surface area contributed by atoms with Crippen LogP contribution in [0.2, 0.25) is 0 Å². The van der Waals surface area contributed by atoms with E-state index in [-0.39, 0.29) is 50.6 Å². The van der Waals surface area contributed by atoms with Crippen molar-refractivity contribution in [2.75, 3.05) is 56.3 Å². The number of ether oxygens (including phenoxy) is 1. The third-order valence-electron chi connectivity index (χ3n) is 8.79. The zero-order valence-corrected chi connectivity index (χ0v) is 28.1. The van der Waals surface area contributed by atoms with Crippen LogP contribution in [0.5, 0.6) is 0 Å². The number of carbonyl (C=O) groups excluding carboxylic acids is 3. The van der Waals surface area contributed by atoms with Crippen molar-refractivity contribution in [3.8, 4) is 0 Å². The Kier molecular flexibility index (Phi) is 8.95. The molecule has 1 aromatic carbocycles. The van der Waals surface area contributed by atoms with Gasteiger partial charge in [0.1, 0.15) is 47.9 Å². The molecule has 2 atom stereocenters. The van der Waals surface area contributed by atoms with E-state index in [1.807, 2.05) is 4.90 Å². The number of aliphatic carboxylic acids is 1. The predicted molar refractivity (Wildman–Crippen MR) is 182 cm³/mol. The molecule has 50 heavy (non-hydrogen) atoms. The number of anilines is 2. The van der Waals surface area contributed by atoms with Gasteiger partial charge in [-0.25, -0.2) is 19.0 Å². The van der Waals surface area contributed by atoms with Gasteiger partial charge in [-0.3, -0.25) is 19.3 Å². The maximum absolute atomic E-state index is 15.4. The van der Waals surface area contributed by atoms with Crippen LogP contribution in [-0.2, 0) is 24.0 Å². The van der Waals surface area contributed by atoms with E-state index in [1.54, 1.807) is 10.6 Å². The molecule has 0 spiro atoms. The number of benzene rings is 1. The van der Waals surface area contributed by atoms with E-state index in [9.17, 15) is 29.1 Å². The van der Waals surface area contributed by atoms with Crippen LogP contribution in [0.3, 0.4) is 0 Å². The molecule has 5 heterocycles. The largest absolute Gasteiger partial charge is 0.477 e. The van der Waals surface area contributed by atoms with Crippen molar-refractivity contribution in [1.82, 2.24) is 25.1 Å². The number of β-lactam (4-membered cyclic amide) rings is 1. The molecule has 4 aliphatic rings. The first-order chi connectivity index (χ1) is 24.1. The molecule has 7 rings (SSSR count). The van der Waals surface area contributed by atoms with Crippen LogP contribution in [0, 0.1) is 5.82 Å². The number of hydrogen-bond acceptors (Lipinski definition) is 14.